The Kier molecular flexibility index (Phi) is 6.20. The fourth-order valence-corrected chi connectivity index (χ4v) is 5.20. The lowest BCUT2D eigenvalue weighted by Crippen LogP contribution is -2.43. The monoisotopic (exact) mass is 397 g/mol. The smallest absolute Gasteiger partial charge is 0.243 e. The molecular weight excluding hydrogens is 374 g/mol. The number of ether oxygens (including phenoxy) is 1. The topological polar surface area (TPSA) is 88.1 Å². The first kappa shape index (κ1) is 19.2. The highest BCUT2D eigenvalue weighted by atomic mass is 32.2. The van der Waals surface area contributed by atoms with Gasteiger partial charge in [-0.25, -0.2) is 8.42 Å². The van der Waals surface area contributed by atoms with E-state index in [9.17, 15) is 13.2 Å². The Labute approximate surface area is 158 Å². The van der Waals surface area contributed by atoms with Gasteiger partial charge in [0.25, 0.3) is 0 Å². The van der Waals surface area contributed by atoms with Gasteiger partial charge in [-0.1, -0.05) is 11.8 Å². The number of hydrogen-bond donors (Lipinski definition) is 1. The minimum absolute atomic E-state index is 0.0590. The molecule has 1 aromatic carbocycles. The molecule has 0 radical (unpaired) electrons. The maximum absolute atomic E-state index is 12.8. The van der Waals surface area contributed by atoms with E-state index in [1.54, 1.807) is 36.0 Å². The molecule has 3 rings (SSSR count). The van der Waals surface area contributed by atoms with E-state index in [2.05, 4.69) is 10.3 Å². The first-order chi connectivity index (χ1) is 12.5. The number of sulfonamides is 1. The van der Waals surface area contributed by atoms with Crippen molar-refractivity contribution < 1.29 is 17.9 Å². The Balaban J connectivity index is 1.58. The zero-order valence-electron chi connectivity index (χ0n) is 14.7. The van der Waals surface area contributed by atoms with Gasteiger partial charge in [-0.3, -0.25) is 9.79 Å². The van der Waals surface area contributed by atoms with Crippen LogP contribution in [0.15, 0.2) is 34.2 Å². The molecule has 1 fully saturated rings. The van der Waals surface area contributed by atoms with E-state index in [0.29, 0.717) is 43.5 Å². The fraction of sp³-hybridized carbons (Fsp3) is 0.529. The Bertz CT molecular complexity index is 770. The SMILES string of the molecule is CCOc1ccc(S(=O)(=O)N2CCC(C(=O)NC3=NCCS3)CC2)cc1. The van der Waals surface area contributed by atoms with Crippen LogP contribution in [-0.2, 0) is 14.8 Å². The Morgan fingerprint density at radius 3 is 2.58 bits per heavy atom. The van der Waals surface area contributed by atoms with E-state index in [4.69, 9.17) is 4.74 Å². The second kappa shape index (κ2) is 8.41. The summed E-state index contributed by atoms with van der Waals surface area (Å²) in [4.78, 5) is 16.8. The number of nitrogens with one attached hydrogen (secondary N) is 1. The number of carbonyl (C=O) groups excluding carboxylic acids is 1. The molecule has 2 heterocycles. The molecule has 2 aliphatic rings. The van der Waals surface area contributed by atoms with Gasteiger partial charge in [0.2, 0.25) is 15.9 Å². The van der Waals surface area contributed by atoms with E-state index in [0.717, 1.165) is 12.3 Å². The van der Waals surface area contributed by atoms with Gasteiger partial charge < -0.3 is 10.1 Å². The molecule has 0 spiro atoms. The van der Waals surface area contributed by atoms with Gasteiger partial charge in [-0.2, -0.15) is 4.31 Å². The zero-order chi connectivity index (χ0) is 18.6. The van der Waals surface area contributed by atoms with Crippen LogP contribution in [0, 0.1) is 5.92 Å². The largest absolute Gasteiger partial charge is 0.494 e. The average Bonchev–Trinajstić information content (AvgIpc) is 3.15. The predicted molar refractivity (Wildman–Crippen MR) is 102 cm³/mol. The summed E-state index contributed by atoms with van der Waals surface area (Å²) in [5, 5.41) is 3.52. The predicted octanol–water partition coefficient (Wildman–Crippen LogP) is 1.70. The summed E-state index contributed by atoms with van der Waals surface area (Å²) in [7, 11) is -3.55. The summed E-state index contributed by atoms with van der Waals surface area (Å²) >= 11 is 1.54. The molecule has 1 amide bonds. The summed E-state index contributed by atoms with van der Waals surface area (Å²) < 4.78 is 32.3. The van der Waals surface area contributed by atoms with Gasteiger partial charge in [-0.15, -0.1) is 0 Å². The third-order valence-electron chi connectivity index (χ3n) is 4.41. The van der Waals surface area contributed by atoms with Crippen molar-refractivity contribution in [2.24, 2.45) is 10.9 Å². The minimum Gasteiger partial charge on any atom is -0.494 e. The molecule has 0 unspecified atom stereocenters. The van der Waals surface area contributed by atoms with Gasteiger partial charge in [0.1, 0.15) is 5.75 Å². The first-order valence-electron chi connectivity index (χ1n) is 8.72. The number of amidine groups is 1. The molecule has 0 aromatic heterocycles. The number of piperidine rings is 1. The van der Waals surface area contributed by atoms with Gasteiger partial charge in [0.15, 0.2) is 5.17 Å². The number of benzene rings is 1. The van der Waals surface area contributed by atoms with Crippen LogP contribution in [0.3, 0.4) is 0 Å². The standard InChI is InChI=1S/C17H23N3O4S2/c1-2-24-14-3-5-15(6-4-14)26(22,23)20-10-7-13(8-11-20)16(21)19-17-18-9-12-25-17/h3-6,13H,2,7-12H2,1H3,(H,18,19,21). The van der Waals surface area contributed by atoms with Crippen LogP contribution in [-0.4, -0.2) is 55.8 Å². The van der Waals surface area contributed by atoms with Crippen LogP contribution in [0.25, 0.3) is 0 Å². The number of amides is 1. The summed E-state index contributed by atoms with van der Waals surface area (Å²) in [6, 6.07) is 6.45. The van der Waals surface area contributed by atoms with Gasteiger partial charge in [0, 0.05) is 24.8 Å². The van der Waals surface area contributed by atoms with Crippen molar-refractivity contribution in [2.45, 2.75) is 24.7 Å². The van der Waals surface area contributed by atoms with Crippen LogP contribution in [0.2, 0.25) is 0 Å². The number of carbonyl (C=O) groups is 1. The van der Waals surface area contributed by atoms with Gasteiger partial charge in [-0.05, 0) is 44.0 Å². The maximum atomic E-state index is 12.8. The highest BCUT2D eigenvalue weighted by molar-refractivity contribution is 8.14. The Hall–Kier alpha value is -1.58. The van der Waals surface area contributed by atoms with Crippen molar-refractivity contribution in [1.82, 2.24) is 9.62 Å². The summed E-state index contributed by atoms with van der Waals surface area (Å²) in [6.45, 7) is 3.83. The molecule has 7 nitrogen and oxygen atoms in total. The second-order valence-corrected chi connectivity index (χ2v) is 9.13. The van der Waals surface area contributed by atoms with E-state index in [1.165, 1.54) is 4.31 Å². The summed E-state index contributed by atoms with van der Waals surface area (Å²) in [5.41, 5.74) is 0. The lowest BCUT2D eigenvalue weighted by molar-refractivity contribution is -0.124. The maximum Gasteiger partial charge on any atom is 0.243 e. The zero-order valence-corrected chi connectivity index (χ0v) is 16.3. The van der Waals surface area contributed by atoms with E-state index in [-0.39, 0.29) is 16.7 Å². The second-order valence-electron chi connectivity index (χ2n) is 6.11. The Morgan fingerprint density at radius 1 is 1.31 bits per heavy atom. The molecule has 26 heavy (non-hydrogen) atoms. The number of rotatable bonds is 5. The molecule has 0 saturated carbocycles. The van der Waals surface area contributed by atoms with Crippen molar-refractivity contribution in [3.05, 3.63) is 24.3 Å². The molecule has 0 bridgehead atoms. The average molecular weight is 398 g/mol. The van der Waals surface area contributed by atoms with Gasteiger partial charge in [0.05, 0.1) is 18.0 Å². The molecule has 2 aliphatic heterocycles. The molecule has 1 saturated heterocycles. The number of aliphatic imine (C=N–C) groups is 1. The molecule has 0 aliphatic carbocycles. The quantitative estimate of drug-likeness (QED) is 0.817. The molecule has 9 heteroatoms. The number of thioether (sulfide) groups is 1. The lowest BCUT2D eigenvalue weighted by Gasteiger charge is -2.30. The molecular formula is C17H23N3O4S2. The van der Waals surface area contributed by atoms with Crippen LogP contribution in [0.1, 0.15) is 19.8 Å². The number of hydrogen-bond acceptors (Lipinski definition) is 6. The van der Waals surface area contributed by atoms with Crippen LogP contribution in [0.5, 0.6) is 5.75 Å². The normalized spacial score (nSPS) is 19.2. The van der Waals surface area contributed by atoms with Crippen molar-refractivity contribution in [2.75, 3.05) is 32.0 Å². The summed E-state index contributed by atoms with van der Waals surface area (Å²) in [6.07, 6.45) is 1.03. The van der Waals surface area contributed by atoms with Crippen molar-refractivity contribution >= 4 is 32.9 Å². The van der Waals surface area contributed by atoms with Crippen molar-refractivity contribution in [1.29, 1.82) is 0 Å². The first-order valence-corrected chi connectivity index (χ1v) is 11.1. The van der Waals surface area contributed by atoms with Crippen molar-refractivity contribution in [3.8, 4) is 5.75 Å². The van der Waals surface area contributed by atoms with Crippen molar-refractivity contribution in [3.63, 3.8) is 0 Å². The highest BCUT2D eigenvalue weighted by Crippen LogP contribution is 2.25. The highest BCUT2D eigenvalue weighted by Gasteiger charge is 2.32. The molecule has 1 N–H and O–H groups in total. The molecule has 1 aromatic rings. The minimum atomic E-state index is -3.55. The molecule has 0 atom stereocenters. The van der Waals surface area contributed by atoms with E-state index in [1.807, 2.05) is 6.92 Å². The van der Waals surface area contributed by atoms with Gasteiger partial charge >= 0.3 is 0 Å². The third kappa shape index (κ3) is 4.39. The van der Waals surface area contributed by atoms with E-state index < -0.39 is 10.0 Å². The van der Waals surface area contributed by atoms with Crippen LogP contribution < -0.4 is 10.1 Å². The molecule has 142 valence electrons. The van der Waals surface area contributed by atoms with E-state index >= 15 is 0 Å². The van der Waals surface area contributed by atoms with Crippen LogP contribution in [0.4, 0.5) is 0 Å². The summed E-state index contributed by atoms with van der Waals surface area (Å²) in [5.74, 6) is 1.31. The fourth-order valence-electron chi connectivity index (χ4n) is 3.00. The third-order valence-corrected chi connectivity index (χ3v) is 7.22. The Morgan fingerprint density at radius 2 is 2.00 bits per heavy atom. The number of nitrogens with zero attached hydrogens (tertiary/aromatic N) is 2. The lowest BCUT2D eigenvalue weighted by atomic mass is 9.97. The van der Waals surface area contributed by atoms with Crippen LogP contribution >= 0.6 is 11.8 Å².